The summed E-state index contributed by atoms with van der Waals surface area (Å²) in [5.74, 6) is 0. The molecule has 0 radical (unpaired) electrons. The molecule has 3 aromatic rings. The first-order valence-corrected chi connectivity index (χ1v) is 11.9. The van der Waals surface area contributed by atoms with Gasteiger partial charge in [0.25, 0.3) is 0 Å². The van der Waals surface area contributed by atoms with Gasteiger partial charge in [0.15, 0.2) is 0 Å². The van der Waals surface area contributed by atoms with E-state index in [9.17, 15) is 13.5 Å². The van der Waals surface area contributed by atoms with Gasteiger partial charge in [-0.3, -0.25) is 0 Å². The Morgan fingerprint density at radius 3 is 2.19 bits per heavy atom. The summed E-state index contributed by atoms with van der Waals surface area (Å²) in [6.07, 6.45) is 0.145. The zero-order chi connectivity index (χ0) is 22.0. The molecular weight excluding hydrogens is 408 g/mol. The molecule has 0 saturated heterocycles. The number of nitrogens with zero attached hydrogens (tertiary/aromatic N) is 2. The van der Waals surface area contributed by atoms with Gasteiger partial charge in [-0.25, -0.2) is 8.42 Å². The molecule has 1 N–H and O–H groups in total. The first-order chi connectivity index (χ1) is 14.9. The van der Waals surface area contributed by atoms with Gasteiger partial charge in [-0.05, 0) is 42.2 Å². The van der Waals surface area contributed by atoms with Gasteiger partial charge in [-0.1, -0.05) is 60.7 Å². The first-order valence-electron chi connectivity index (χ1n) is 10.5. The van der Waals surface area contributed by atoms with E-state index in [2.05, 4.69) is 0 Å². The van der Waals surface area contributed by atoms with Crippen LogP contribution in [0.4, 0.5) is 5.69 Å². The van der Waals surface area contributed by atoms with Crippen LogP contribution in [0.1, 0.15) is 22.8 Å². The predicted molar refractivity (Wildman–Crippen MR) is 124 cm³/mol. The number of aliphatic hydroxyl groups excluding tert-OH is 1. The molecule has 0 aromatic heterocycles. The summed E-state index contributed by atoms with van der Waals surface area (Å²) in [5.41, 5.74) is 3.62. The highest BCUT2D eigenvalue weighted by atomic mass is 32.2. The summed E-state index contributed by atoms with van der Waals surface area (Å²) < 4.78 is 28.5. The van der Waals surface area contributed by atoms with Crippen LogP contribution in [0.5, 0.6) is 0 Å². The lowest BCUT2D eigenvalue weighted by Crippen LogP contribution is -2.49. The topological polar surface area (TPSA) is 60.9 Å². The summed E-state index contributed by atoms with van der Waals surface area (Å²) in [7, 11) is 0.250. The summed E-state index contributed by atoms with van der Waals surface area (Å²) in [5, 5.41) is 11.2. The fourth-order valence-corrected chi connectivity index (χ4v) is 6.05. The molecule has 1 aliphatic heterocycles. The molecule has 0 unspecified atom stereocenters. The lowest BCUT2D eigenvalue weighted by atomic mass is 9.95. The van der Waals surface area contributed by atoms with Gasteiger partial charge >= 0.3 is 0 Å². The van der Waals surface area contributed by atoms with Crippen molar-refractivity contribution in [3.63, 3.8) is 0 Å². The molecule has 0 bridgehead atoms. The van der Waals surface area contributed by atoms with E-state index < -0.39 is 22.2 Å². The van der Waals surface area contributed by atoms with E-state index in [1.165, 1.54) is 4.31 Å². The van der Waals surface area contributed by atoms with Crippen molar-refractivity contribution in [1.82, 2.24) is 4.31 Å². The third-order valence-corrected chi connectivity index (χ3v) is 7.92. The van der Waals surface area contributed by atoms with Crippen LogP contribution in [-0.2, 0) is 22.9 Å². The third-order valence-electron chi connectivity index (χ3n) is 5.92. The molecule has 0 saturated carbocycles. The molecule has 6 heteroatoms. The number of rotatable bonds is 6. The highest BCUT2D eigenvalue weighted by molar-refractivity contribution is 7.89. The van der Waals surface area contributed by atoms with Crippen molar-refractivity contribution in [3.8, 4) is 0 Å². The molecular formula is C25H28N2O3S. The predicted octanol–water partition coefficient (Wildman–Crippen LogP) is 3.64. The molecule has 4 rings (SSSR count). The van der Waals surface area contributed by atoms with Crippen molar-refractivity contribution in [1.29, 1.82) is 0 Å². The SMILES string of the molecule is CN(C)c1ccc(C[C@@H]2[C@@H](O)c3ccccc3S(=O)(=O)N2CCc2ccccc2)cc1. The molecule has 2 atom stereocenters. The maximum Gasteiger partial charge on any atom is 0.243 e. The van der Waals surface area contributed by atoms with Crippen LogP contribution in [0.25, 0.3) is 0 Å². The summed E-state index contributed by atoms with van der Waals surface area (Å²) in [6, 6.07) is 24.1. The highest BCUT2D eigenvalue weighted by Crippen LogP contribution is 2.38. The number of hydrogen-bond acceptors (Lipinski definition) is 4. The van der Waals surface area contributed by atoms with Gasteiger partial charge < -0.3 is 10.0 Å². The van der Waals surface area contributed by atoms with E-state index in [1.807, 2.05) is 73.6 Å². The van der Waals surface area contributed by atoms with Gasteiger partial charge in [0.2, 0.25) is 10.0 Å². The molecule has 162 valence electrons. The van der Waals surface area contributed by atoms with Crippen molar-refractivity contribution < 1.29 is 13.5 Å². The number of aliphatic hydroxyl groups is 1. The Kier molecular flexibility index (Phi) is 6.14. The minimum absolute atomic E-state index is 0.203. The van der Waals surface area contributed by atoms with E-state index in [0.717, 1.165) is 16.8 Å². The zero-order valence-electron chi connectivity index (χ0n) is 17.8. The molecule has 0 amide bonds. The Labute approximate surface area is 184 Å². The standard InChI is InChI=1S/C25H28N2O3S/c1-26(2)21-14-12-20(13-15-21)18-23-25(28)22-10-6-7-11-24(22)31(29,30)27(23)17-16-19-8-4-3-5-9-19/h3-15,23,25,28H,16-18H2,1-2H3/t23-,25+/m1/s1. The van der Waals surface area contributed by atoms with E-state index in [4.69, 9.17) is 0 Å². The Morgan fingerprint density at radius 1 is 0.871 bits per heavy atom. The first kappa shape index (κ1) is 21.6. The highest BCUT2D eigenvalue weighted by Gasteiger charge is 2.43. The van der Waals surface area contributed by atoms with E-state index in [-0.39, 0.29) is 4.90 Å². The Bertz CT molecular complexity index is 1130. The van der Waals surface area contributed by atoms with Crippen LogP contribution in [0, 0.1) is 0 Å². The van der Waals surface area contributed by atoms with E-state index in [1.54, 1.807) is 24.3 Å². The summed E-state index contributed by atoms with van der Waals surface area (Å²) >= 11 is 0. The minimum atomic E-state index is -3.71. The maximum absolute atomic E-state index is 13.5. The number of anilines is 1. The van der Waals surface area contributed by atoms with Crippen LogP contribution in [0.15, 0.2) is 83.8 Å². The van der Waals surface area contributed by atoms with Crippen molar-refractivity contribution in [2.45, 2.75) is 29.9 Å². The van der Waals surface area contributed by atoms with E-state index in [0.29, 0.717) is 24.9 Å². The molecule has 0 aliphatic carbocycles. The van der Waals surface area contributed by atoms with Crippen LogP contribution in [-0.4, -0.2) is 44.5 Å². The largest absolute Gasteiger partial charge is 0.387 e. The van der Waals surface area contributed by atoms with E-state index >= 15 is 0 Å². The lowest BCUT2D eigenvalue weighted by Gasteiger charge is -2.39. The fraction of sp³-hybridized carbons (Fsp3) is 0.280. The summed E-state index contributed by atoms with van der Waals surface area (Å²) in [6.45, 7) is 0.318. The molecule has 31 heavy (non-hydrogen) atoms. The maximum atomic E-state index is 13.5. The van der Waals surface area contributed by atoms with Gasteiger partial charge in [-0.15, -0.1) is 0 Å². The fourth-order valence-electron chi connectivity index (χ4n) is 4.18. The molecule has 5 nitrogen and oxygen atoms in total. The molecule has 3 aromatic carbocycles. The Hall–Kier alpha value is -2.67. The second-order valence-corrected chi connectivity index (χ2v) is 10.0. The van der Waals surface area contributed by atoms with Crippen LogP contribution in [0.3, 0.4) is 0 Å². The molecule has 0 spiro atoms. The van der Waals surface area contributed by atoms with Gasteiger partial charge in [-0.2, -0.15) is 4.31 Å². The monoisotopic (exact) mass is 436 g/mol. The molecule has 1 heterocycles. The number of sulfonamides is 1. The Balaban J connectivity index is 1.68. The zero-order valence-corrected chi connectivity index (χ0v) is 18.7. The second-order valence-electron chi connectivity index (χ2n) is 8.17. The van der Waals surface area contributed by atoms with Gasteiger partial charge in [0, 0.05) is 31.9 Å². The second kappa shape index (κ2) is 8.83. The van der Waals surface area contributed by atoms with Crippen LogP contribution >= 0.6 is 0 Å². The average molecular weight is 437 g/mol. The minimum Gasteiger partial charge on any atom is -0.387 e. The normalized spacial score (nSPS) is 20.2. The molecule has 1 aliphatic rings. The van der Waals surface area contributed by atoms with Crippen LogP contribution in [0.2, 0.25) is 0 Å². The Morgan fingerprint density at radius 2 is 1.52 bits per heavy atom. The van der Waals surface area contributed by atoms with Crippen molar-refractivity contribution >= 4 is 15.7 Å². The lowest BCUT2D eigenvalue weighted by molar-refractivity contribution is 0.0801. The van der Waals surface area contributed by atoms with Gasteiger partial charge in [0.1, 0.15) is 0 Å². The van der Waals surface area contributed by atoms with Crippen molar-refractivity contribution in [2.75, 3.05) is 25.5 Å². The van der Waals surface area contributed by atoms with Crippen LogP contribution < -0.4 is 4.90 Å². The smallest absolute Gasteiger partial charge is 0.243 e. The quantitative estimate of drug-likeness (QED) is 0.641. The van der Waals surface area contributed by atoms with Gasteiger partial charge in [0.05, 0.1) is 17.0 Å². The average Bonchev–Trinajstić information content (AvgIpc) is 2.78. The van der Waals surface area contributed by atoms with Crippen molar-refractivity contribution in [3.05, 3.63) is 95.6 Å². The van der Waals surface area contributed by atoms with Crippen molar-refractivity contribution in [2.24, 2.45) is 0 Å². The third kappa shape index (κ3) is 4.37. The number of fused-ring (bicyclic) bond motifs is 1. The summed E-state index contributed by atoms with van der Waals surface area (Å²) in [4.78, 5) is 2.22. The number of benzene rings is 3. The molecule has 0 fully saturated rings. The number of hydrogen-bond donors (Lipinski definition) is 1.